The predicted octanol–water partition coefficient (Wildman–Crippen LogP) is 3.54. The molecule has 2 aromatic carbocycles. The van der Waals surface area contributed by atoms with Gasteiger partial charge >= 0.3 is 0 Å². The van der Waals surface area contributed by atoms with E-state index in [9.17, 15) is 4.79 Å². The van der Waals surface area contributed by atoms with Crippen LogP contribution in [0, 0.1) is 0 Å². The highest BCUT2D eigenvalue weighted by Crippen LogP contribution is 2.15. The second-order valence-corrected chi connectivity index (χ2v) is 6.74. The molecule has 0 saturated carbocycles. The first kappa shape index (κ1) is 18.0. The second kappa shape index (κ2) is 8.08. The number of nitrogens with one attached hydrogen (secondary N) is 1. The summed E-state index contributed by atoms with van der Waals surface area (Å²) in [5.74, 6) is 1.81. The maximum absolute atomic E-state index is 12.4. The van der Waals surface area contributed by atoms with E-state index in [1.807, 2.05) is 42.5 Å². The molecule has 0 spiro atoms. The van der Waals surface area contributed by atoms with Gasteiger partial charge in [-0.3, -0.25) is 9.89 Å². The van der Waals surface area contributed by atoms with Crippen molar-refractivity contribution in [3.63, 3.8) is 0 Å². The fourth-order valence-electron chi connectivity index (χ4n) is 3.11. The molecule has 0 radical (unpaired) electrons. The Morgan fingerprint density at radius 1 is 1.00 bits per heavy atom. The van der Waals surface area contributed by atoms with Crippen LogP contribution in [0.2, 0.25) is 0 Å². The Morgan fingerprint density at radius 2 is 1.79 bits per heavy atom. The summed E-state index contributed by atoms with van der Waals surface area (Å²) < 4.78 is 7.15. The van der Waals surface area contributed by atoms with Crippen LogP contribution >= 0.6 is 0 Å². The summed E-state index contributed by atoms with van der Waals surface area (Å²) in [6, 6.07) is 19.5. The lowest BCUT2D eigenvalue weighted by atomic mass is 10.1. The molecule has 4 aromatic rings. The van der Waals surface area contributed by atoms with Crippen molar-refractivity contribution in [1.82, 2.24) is 19.6 Å². The van der Waals surface area contributed by atoms with E-state index in [1.165, 1.54) is 16.1 Å². The molecule has 0 saturated heterocycles. The summed E-state index contributed by atoms with van der Waals surface area (Å²) in [6.07, 6.45) is 2.78. The van der Waals surface area contributed by atoms with Crippen LogP contribution in [0.25, 0.3) is 5.78 Å². The van der Waals surface area contributed by atoms with Crippen molar-refractivity contribution in [3.05, 3.63) is 93.7 Å². The summed E-state index contributed by atoms with van der Waals surface area (Å²) in [6.45, 7) is 2.38. The fourth-order valence-corrected chi connectivity index (χ4v) is 3.11. The Balaban J connectivity index is 1.49. The molecule has 0 aliphatic rings. The Morgan fingerprint density at radius 3 is 2.54 bits per heavy atom. The van der Waals surface area contributed by atoms with Crippen molar-refractivity contribution in [2.75, 3.05) is 0 Å². The molecule has 28 heavy (non-hydrogen) atoms. The van der Waals surface area contributed by atoms with Gasteiger partial charge in [-0.2, -0.15) is 9.50 Å². The predicted molar refractivity (Wildman–Crippen MR) is 108 cm³/mol. The maximum Gasteiger partial charge on any atom is 0.274 e. The lowest BCUT2D eigenvalue weighted by molar-refractivity contribution is 0.301. The molecule has 142 valence electrons. The number of aromatic nitrogens is 4. The number of fused-ring (bicyclic) bond motifs is 1. The van der Waals surface area contributed by atoms with Gasteiger partial charge in [0, 0.05) is 12.5 Å². The minimum absolute atomic E-state index is 0.200. The molecular formula is C22H22N4O2. The summed E-state index contributed by atoms with van der Waals surface area (Å²) >= 11 is 0. The number of rotatable bonds is 7. The molecule has 0 aliphatic heterocycles. The molecule has 0 unspecified atom stereocenters. The lowest BCUT2D eigenvalue weighted by Gasteiger charge is -2.06. The van der Waals surface area contributed by atoms with Crippen molar-refractivity contribution < 1.29 is 4.74 Å². The average Bonchev–Trinajstić information content (AvgIpc) is 3.11. The van der Waals surface area contributed by atoms with E-state index in [4.69, 9.17) is 4.74 Å². The zero-order valence-electron chi connectivity index (χ0n) is 15.8. The van der Waals surface area contributed by atoms with E-state index in [0.29, 0.717) is 23.7 Å². The van der Waals surface area contributed by atoms with Crippen LogP contribution in [0.5, 0.6) is 5.75 Å². The Labute approximate surface area is 162 Å². The number of aryl methyl sites for hydroxylation is 1. The third-order valence-electron chi connectivity index (χ3n) is 4.49. The SMILES string of the molecule is CCCc1ccc(OCc2cc(=O)n3[nH]c(Cc4ccccc4)nc3n2)cc1. The van der Waals surface area contributed by atoms with Gasteiger partial charge in [0.05, 0.1) is 5.69 Å². The van der Waals surface area contributed by atoms with Gasteiger partial charge in [-0.05, 0) is 29.7 Å². The second-order valence-electron chi connectivity index (χ2n) is 6.74. The maximum atomic E-state index is 12.4. The summed E-state index contributed by atoms with van der Waals surface area (Å²) in [4.78, 5) is 21.3. The molecule has 1 N–H and O–H groups in total. The minimum atomic E-state index is -0.200. The van der Waals surface area contributed by atoms with Gasteiger partial charge in [-0.25, -0.2) is 4.98 Å². The highest BCUT2D eigenvalue weighted by molar-refractivity contribution is 5.31. The van der Waals surface area contributed by atoms with Gasteiger partial charge in [0.2, 0.25) is 0 Å². The van der Waals surface area contributed by atoms with Gasteiger partial charge in [-0.15, -0.1) is 0 Å². The molecule has 0 atom stereocenters. The molecule has 0 amide bonds. The van der Waals surface area contributed by atoms with E-state index >= 15 is 0 Å². The van der Waals surface area contributed by atoms with Crippen molar-refractivity contribution in [2.24, 2.45) is 0 Å². The van der Waals surface area contributed by atoms with Crippen LogP contribution in [-0.4, -0.2) is 19.6 Å². The zero-order valence-corrected chi connectivity index (χ0v) is 15.8. The number of H-pyrrole nitrogens is 1. The molecule has 6 heteroatoms. The highest BCUT2D eigenvalue weighted by Gasteiger charge is 2.09. The lowest BCUT2D eigenvalue weighted by Crippen LogP contribution is -2.16. The van der Waals surface area contributed by atoms with Crippen LogP contribution in [0.15, 0.2) is 65.5 Å². The number of aromatic amines is 1. The average molecular weight is 374 g/mol. The topological polar surface area (TPSA) is 72.3 Å². The Bertz CT molecular complexity index is 1110. The molecule has 0 aliphatic carbocycles. The standard InChI is InChI=1S/C22H22N4O2/c1-2-6-16-9-11-19(12-10-16)28-15-18-14-21(27)26-22(23-18)24-20(25-26)13-17-7-4-3-5-8-17/h3-5,7-12,14H,2,6,13,15H2,1H3,(H,23,24,25). The Hall–Kier alpha value is -3.41. The van der Waals surface area contributed by atoms with Crippen LogP contribution in [0.4, 0.5) is 0 Å². The van der Waals surface area contributed by atoms with Crippen LogP contribution in [0.1, 0.15) is 36.0 Å². The molecule has 0 bridgehead atoms. The van der Waals surface area contributed by atoms with Crippen LogP contribution in [0.3, 0.4) is 0 Å². The number of nitrogens with zero attached hydrogens (tertiary/aromatic N) is 3. The van der Waals surface area contributed by atoms with E-state index in [-0.39, 0.29) is 12.2 Å². The first-order valence-electron chi connectivity index (χ1n) is 9.44. The smallest absolute Gasteiger partial charge is 0.274 e. The third kappa shape index (κ3) is 4.11. The van der Waals surface area contributed by atoms with Crippen molar-refractivity contribution in [2.45, 2.75) is 32.8 Å². The van der Waals surface area contributed by atoms with E-state index in [0.717, 1.165) is 24.2 Å². The summed E-state index contributed by atoms with van der Waals surface area (Å²) in [7, 11) is 0. The quantitative estimate of drug-likeness (QED) is 0.537. The molecular weight excluding hydrogens is 352 g/mol. The van der Waals surface area contributed by atoms with Gasteiger partial charge in [0.15, 0.2) is 0 Å². The normalized spacial score (nSPS) is 11.0. The number of ether oxygens (including phenoxy) is 1. The summed E-state index contributed by atoms with van der Waals surface area (Å²) in [5, 5.41) is 3.02. The zero-order chi connectivity index (χ0) is 19.3. The van der Waals surface area contributed by atoms with Gasteiger partial charge < -0.3 is 4.74 Å². The molecule has 2 aromatic heterocycles. The first-order chi connectivity index (χ1) is 13.7. The number of hydrogen-bond acceptors (Lipinski definition) is 4. The fraction of sp³-hybridized carbons (Fsp3) is 0.227. The third-order valence-corrected chi connectivity index (χ3v) is 4.49. The monoisotopic (exact) mass is 374 g/mol. The van der Waals surface area contributed by atoms with Gasteiger partial charge in [0.1, 0.15) is 18.2 Å². The summed E-state index contributed by atoms with van der Waals surface area (Å²) in [5.41, 5.74) is 2.76. The van der Waals surface area contributed by atoms with E-state index in [1.54, 1.807) is 0 Å². The van der Waals surface area contributed by atoms with Crippen molar-refractivity contribution in [1.29, 1.82) is 0 Å². The van der Waals surface area contributed by atoms with Gasteiger partial charge in [-0.1, -0.05) is 55.8 Å². The van der Waals surface area contributed by atoms with Crippen LogP contribution < -0.4 is 10.3 Å². The largest absolute Gasteiger partial charge is 0.487 e. The minimum Gasteiger partial charge on any atom is -0.487 e. The number of benzene rings is 2. The molecule has 0 fully saturated rings. The molecule has 6 nitrogen and oxygen atoms in total. The van der Waals surface area contributed by atoms with E-state index in [2.05, 4.69) is 34.1 Å². The van der Waals surface area contributed by atoms with Crippen LogP contribution in [-0.2, 0) is 19.4 Å². The van der Waals surface area contributed by atoms with E-state index < -0.39 is 0 Å². The highest BCUT2D eigenvalue weighted by atomic mass is 16.5. The van der Waals surface area contributed by atoms with Crippen molar-refractivity contribution >= 4 is 5.78 Å². The molecule has 2 heterocycles. The van der Waals surface area contributed by atoms with Crippen molar-refractivity contribution in [3.8, 4) is 5.75 Å². The molecule has 4 rings (SSSR count). The number of hydrogen-bond donors (Lipinski definition) is 1. The Kier molecular flexibility index (Phi) is 5.19. The first-order valence-corrected chi connectivity index (χ1v) is 9.44. The van der Waals surface area contributed by atoms with Gasteiger partial charge in [0.25, 0.3) is 11.3 Å².